The predicted octanol–water partition coefficient (Wildman–Crippen LogP) is 2.22. The number of carbonyl (C=O) groups excluding carboxylic acids is 1. The fourth-order valence-corrected chi connectivity index (χ4v) is 3.00. The maximum absolute atomic E-state index is 12.4. The smallest absolute Gasteiger partial charge is 0.253 e. The van der Waals surface area contributed by atoms with E-state index in [9.17, 15) is 4.79 Å². The number of carbonyl (C=O) groups is 1. The largest absolute Gasteiger partial charge is 0.396 e. The minimum Gasteiger partial charge on any atom is -0.396 e. The summed E-state index contributed by atoms with van der Waals surface area (Å²) in [5.74, 6) is 0.421. The third-order valence-electron chi connectivity index (χ3n) is 4.25. The normalized spacial score (nSPS) is 22.9. The average molecular weight is 272 g/mol. The van der Waals surface area contributed by atoms with Crippen LogP contribution >= 0.6 is 0 Å². The summed E-state index contributed by atoms with van der Waals surface area (Å²) in [5, 5.41) is 12.3. The second-order valence-corrected chi connectivity index (χ2v) is 5.60. The molecule has 1 aliphatic carbocycles. The summed E-state index contributed by atoms with van der Waals surface area (Å²) in [5.41, 5.74) is 1.67. The van der Waals surface area contributed by atoms with E-state index in [1.807, 2.05) is 41.1 Å². The molecule has 0 aromatic carbocycles. The second-order valence-electron chi connectivity index (χ2n) is 5.60. The van der Waals surface area contributed by atoms with E-state index in [2.05, 4.69) is 5.32 Å². The highest BCUT2D eigenvalue weighted by Crippen LogP contribution is 2.24. The maximum atomic E-state index is 12.4. The number of amides is 1. The van der Waals surface area contributed by atoms with Crippen molar-refractivity contribution >= 4 is 11.4 Å². The van der Waals surface area contributed by atoms with Gasteiger partial charge >= 0.3 is 0 Å². The van der Waals surface area contributed by atoms with E-state index in [-0.39, 0.29) is 18.6 Å². The highest BCUT2D eigenvalue weighted by Gasteiger charge is 2.22. The van der Waals surface area contributed by atoms with Crippen LogP contribution in [0.15, 0.2) is 36.7 Å². The zero-order chi connectivity index (χ0) is 13.9. The zero-order valence-electron chi connectivity index (χ0n) is 11.5. The lowest BCUT2D eigenvalue weighted by Gasteiger charge is -2.27. The lowest BCUT2D eigenvalue weighted by molar-refractivity contribution is 0.0915. The molecule has 2 aromatic rings. The van der Waals surface area contributed by atoms with Gasteiger partial charge in [-0.2, -0.15) is 0 Å². The van der Waals surface area contributed by atoms with Gasteiger partial charge in [0.15, 0.2) is 0 Å². The van der Waals surface area contributed by atoms with Crippen LogP contribution in [0.5, 0.6) is 0 Å². The third-order valence-corrected chi connectivity index (χ3v) is 4.25. The van der Waals surface area contributed by atoms with Crippen LogP contribution in [0.4, 0.5) is 0 Å². The molecule has 2 aromatic heterocycles. The highest BCUT2D eigenvalue weighted by atomic mass is 16.3. The lowest BCUT2D eigenvalue weighted by atomic mass is 9.86. The van der Waals surface area contributed by atoms with Gasteiger partial charge in [-0.05, 0) is 49.8 Å². The van der Waals surface area contributed by atoms with Gasteiger partial charge in [0.25, 0.3) is 5.91 Å². The van der Waals surface area contributed by atoms with E-state index in [1.165, 1.54) is 0 Å². The van der Waals surface area contributed by atoms with Crippen molar-refractivity contribution in [2.75, 3.05) is 6.61 Å². The number of pyridine rings is 1. The molecule has 4 heteroatoms. The van der Waals surface area contributed by atoms with Gasteiger partial charge in [0.05, 0.1) is 11.1 Å². The molecular weight excluding hydrogens is 252 g/mol. The average Bonchev–Trinajstić information content (AvgIpc) is 2.92. The van der Waals surface area contributed by atoms with Crippen LogP contribution < -0.4 is 5.32 Å². The molecule has 2 heterocycles. The first-order chi connectivity index (χ1) is 9.78. The molecule has 1 amide bonds. The van der Waals surface area contributed by atoms with E-state index in [0.717, 1.165) is 36.8 Å². The Bertz CT molecular complexity index is 597. The first-order valence-corrected chi connectivity index (χ1v) is 7.25. The first-order valence-electron chi connectivity index (χ1n) is 7.25. The van der Waals surface area contributed by atoms with E-state index >= 15 is 0 Å². The van der Waals surface area contributed by atoms with E-state index in [0.29, 0.717) is 5.92 Å². The van der Waals surface area contributed by atoms with Crippen LogP contribution in [0.25, 0.3) is 5.52 Å². The van der Waals surface area contributed by atoms with Crippen molar-refractivity contribution in [3.63, 3.8) is 0 Å². The monoisotopic (exact) mass is 272 g/mol. The molecular formula is C16H20N2O2. The molecule has 0 unspecified atom stereocenters. The Morgan fingerprint density at radius 1 is 1.20 bits per heavy atom. The van der Waals surface area contributed by atoms with Gasteiger partial charge in [-0.1, -0.05) is 6.07 Å². The minimum absolute atomic E-state index is 0.00569. The van der Waals surface area contributed by atoms with Gasteiger partial charge < -0.3 is 14.8 Å². The van der Waals surface area contributed by atoms with Gasteiger partial charge in [-0.3, -0.25) is 4.79 Å². The molecule has 1 fully saturated rings. The van der Waals surface area contributed by atoms with E-state index < -0.39 is 0 Å². The minimum atomic E-state index is 0.00569. The Hall–Kier alpha value is -1.81. The summed E-state index contributed by atoms with van der Waals surface area (Å²) < 4.78 is 1.96. The Kier molecular flexibility index (Phi) is 3.74. The van der Waals surface area contributed by atoms with Gasteiger partial charge in [0.2, 0.25) is 0 Å². The Morgan fingerprint density at radius 3 is 2.75 bits per heavy atom. The number of fused-ring (bicyclic) bond motifs is 1. The number of aliphatic hydroxyl groups excluding tert-OH is 1. The van der Waals surface area contributed by atoms with Crippen molar-refractivity contribution in [3.05, 3.63) is 42.2 Å². The topological polar surface area (TPSA) is 53.7 Å². The molecule has 0 bridgehead atoms. The van der Waals surface area contributed by atoms with Gasteiger partial charge in [0.1, 0.15) is 0 Å². The molecule has 106 valence electrons. The standard InChI is InChI=1S/C16H20N2O2/c19-11-12-4-6-13(7-5-12)17-16(20)14-8-10-18-9-2-1-3-15(14)18/h1-3,8-10,12-13,19H,4-7,11H2,(H,17,20). The summed E-state index contributed by atoms with van der Waals surface area (Å²) in [6, 6.07) is 7.95. The first kappa shape index (κ1) is 13.2. The number of rotatable bonds is 3. The molecule has 3 rings (SSSR count). The molecule has 20 heavy (non-hydrogen) atoms. The summed E-state index contributed by atoms with van der Waals surface area (Å²) in [4.78, 5) is 12.4. The van der Waals surface area contributed by atoms with Crippen molar-refractivity contribution in [3.8, 4) is 0 Å². The molecule has 0 saturated heterocycles. The third kappa shape index (κ3) is 2.56. The molecule has 2 N–H and O–H groups in total. The van der Waals surface area contributed by atoms with Crippen molar-refractivity contribution < 1.29 is 9.90 Å². The van der Waals surface area contributed by atoms with Crippen molar-refractivity contribution in [1.29, 1.82) is 0 Å². The fraction of sp³-hybridized carbons (Fsp3) is 0.438. The number of aromatic nitrogens is 1. The van der Waals surface area contributed by atoms with Gasteiger partial charge in [-0.25, -0.2) is 0 Å². The van der Waals surface area contributed by atoms with Crippen LogP contribution in [0, 0.1) is 5.92 Å². The molecule has 0 radical (unpaired) electrons. The summed E-state index contributed by atoms with van der Waals surface area (Å²) in [6.07, 6.45) is 7.77. The number of nitrogens with zero attached hydrogens (tertiary/aromatic N) is 1. The van der Waals surface area contributed by atoms with Crippen LogP contribution in [0.2, 0.25) is 0 Å². The second kappa shape index (κ2) is 5.67. The summed E-state index contributed by atoms with van der Waals surface area (Å²) >= 11 is 0. The molecule has 4 nitrogen and oxygen atoms in total. The highest BCUT2D eigenvalue weighted by molar-refractivity contribution is 6.01. The Morgan fingerprint density at radius 2 is 2.00 bits per heavy atom. The predicted molar refractivity (Wildman–Crippen MR) is 77.7 cm³/mol. The van der Waals surface area contributed by atoms with Crippen LogP contribution in [-0.4, -0.2) is 28.1 Å². The van der Waals surface area contributed by atoms with Crippen molar-refractivity contribution in [1.82, 2.24) is 9.72 Å². The Balaban J connectivity index is 1.68. The maximum Gasteiger partial charge on any atom is 0.253 e. The quantitative estimate of drug-likeness (QED) is 0.900. The molecule has 0 spiro atoms. The summed E-state index contributed by atoms with van der Waals surface area (Å²) in [6.45, 7) is 0.269. The van der Waals surface area contributed by atoms with Crippen LogP contribution in [0.3, 0.4) is 0 Å². The number of hydrogen-bond acceptors (Lipinski definition) is 2. The molecule has 1 saturated carbocycles. The number of nitrogens with one attached hydrogen (secondary N) is 1. The van der Waals surface area contributed by atoms with E-state index in [1.54, 1.807) is 0 Å². The fourth-order valence-electron chi connectivity index (χ4n) is 3.00. The van der Waals surface area contributed by atoms with Gasteiger partial charge in [0, 0.05) is 25.0 Å². The van der Waals surface area contributed by atoms with Crippen LogP contribution in [-0.2, 0) is 0 Å². The number of hydrogen-bond donors (Lipinski definition) is 2. The Labute approximate surface area is 118 Å². The zero-order valence-corrected chi connectivity index (χ0v) is 11.5. The molecule has 1 aliphatic rings. The van der Waals surface area contributed by atoms with Crippen molar-refractivity contribution in [2.45, 2.75) is 31.7 Å². The molecule has 0 atom stereocenters. The molecule has 0 aliphatic heterocycles. The van der Waals surface area contributed by atoms with Crippen molar-refractivity contribution in [2.24, 2.45) is 5.92 Å². The van der Waals surface area contributed by atoms with Gasteiger partial charge in [-0.15, -0.1) is 0 Å². The summed E-state index contributed by atoms with van der Waals surface area (Å²) in [7, 11) is 0. The van der Waals surface area contributed by atoms with E-state index in [4.69, 9.17) is 5.11 Å². The number of aliphatic hydroxyl groups is 1. The lowest BCUT2D eigenvalue weighted by Crippen LogP contribution is -2.38. The SMILES string of the molecule is O=C(NC1CCC(CO)CC1)c1ccn2ccccc12. The van der Waals surface area contributed by atoms with Crippen LogP contribution in [0.1, 0.15) is 36.0 Å².